The molecule has 0 unspecified atom stereocenters. The topological polar surface area (TPSA) is 44.5 Å². The maximum absolute atomic E-state index is 6.01. The van der Waals surface area contributed by atoms with Crippen molar-refractivity contribution in [3.05, 3.63) is 79.0 Å². The zero-order valence-electron chi connectivity index (χ0n) is 21.2. The molecule has 186 valence electrons. The van der Waals surface area contributed by atoms with Crippen LogP contribution in [0.5, 0.6) is 11.5 Å². The van der Waals surface area contributed by atoms with E-state index in [4.69, 9.17) is 13.9 Å². The zero-order valence-corrected chi connectivity index (χ0v) is 21.2. The molecular formula is C31H39NO3. The summed E-state index contributed by atoms with van der Waals surface area (Å²) >= 11 is 0. The van der Waals surface area contributed by atoms with Gasteiger partial charge in [0.2, 0.25) is 5.89 Å². The van der Waals surface area contributed by atoms with Crippen molar-refractivity contribution in [2.45, 2.75) is 65.2 Å². The molecule has 0 bridgehead atoms. The quantitative estimate of drug-likeness (QED) is 0.154. The number of nitrogens with zero attached hydrogens (tertiary/aromatic N) is 1. The van der Waals surface area contributed by atoms with Gasteiger partial charge in [0.05, 0.1) is 6.20 Å². The smallest absolute Gasteiger partial charge is 0.226 e. The number of aromatic nitrogens is 1. The highest BCUT2D eigenvalue weighted by Crippen LogP contribution is 2.28. The molecule has 0 spiro atoms. The van der Waals surface area contributed by atoms with Crippen LogP contribution < -0.4 is 9.47 Å². The lowest BCUT2D eigenvalue weighted by Gasteiger charge is -2.04. The second-order valence-electron chi connectivity index (χ2n) is 8.63. The summed E-state index contributed by atoms with van der Waals surface area (Å²) in [5.74, 6) is 3.01. The summed E-state index contributed by atoms with van der Waals surface area (Å²) in [5.41, 5.74) is 1.89. The number of benzene rings is 2. The van der Waals surface area contributed by atoms with Gasteiger partial charge in [-0.1, -0.05) is 63.8 Å². The molecule has 35 heavy (non-hydrogen) atoms. The molecule has 0 N–H and O–H groups in total. The predicted octanol–water partition coefficient (Wildman–Crippen LogP) is 9.04. The molecule has 0 amide bonds. The molecule has 0 saturated heterocycles. The maximum atomic E-state index is 6.01. The lowest BCUT2D eigenvalue weighted by atomic mass is 10.2. The van der Waals surface area contributed by atoms with Crippen LogP contribution in [0.2, 0.25) is 0 Å². The van der Waals surface area contributed by atoms with Crippen molar-refractivity contribution in [1.29, 1.82) is 0 Å². The van der Waals surface area contributed by atoms with Crippen molar-refractivity contribution in [3.8, 4) is 34.3 Å². The van der Waals surface area contributed by atoms with Gasteiger partial charge in [0, 0.05) is 11.1 Å². The highest BCUT2D eigenvalue weighted by molar-refractivity contribution is 5.62. The molecule has 0 atom stereocenters. The van der Waals surface area contributed by atoms with Crippen molar-refractivity contribution in [1.82, 2.24) is 4.98 Å². The van der Waals surface area contributed by atoms with Crippen LogP contribution >= 0.6 is 0 Å². The number of ether oxygens (including phenoxy) is 2. The highest BCUT2D eigenvalue weighted by Gasteiger charge is 2.09. The lowest BCUT2D eigenvalue weighted by Crippen LogP contribution is -1.93. The Hall–Kier alpha value is -3.27. The van der Waals surface area contributed by atoms with Crippen molar-refractivity contribution >= 4 is 0 Å². The first kappa shape index (κ1) is 26.3. The van der Waals surface area contributed by atoms with Crippen molar-refractivity contribution in [2.75, 3.05) is 13.2 Å². The van der Waals surface area contributed by atoms with E-state index in [1.54, 1.807) is 6.20 Å². The molecule has 3 aromatic rings. The van der Waals surface area contributed by atoms with Gasteiger partial charge in [0.1, 0.15) is 24.7 Å². The predicted molar refractivity (Wildman–Crippen MR) is 145 cm³/mol. The fourth-order valence-corrected chi connectivity index (χ4v) is 3.64. The molecule has 0 radical (unpaired) electrons. The standard InChI is InChI=1S/C31H39NO3/c1-3-5-7-9-11-13-23-33-28-19-15-26(16-20-28)30-25-32-31(35-30)27-17-21-29(22-18-27)34-24-14-12-10-8-6-4-2/h11-22,25H,3-10,23-24H2,1-2H3/b13-11+,14-12+. The summed E-state index contributed by atoms with van der Waals surface area (Å²) < 4.78 is 17.6. The normalized spacial score (nSPS) is 11.5. The third-order valence-corrected chi connectivity index (χ3v) is 5.72. The average Bonchev–Trinajstić information content (AvgIpc) is 3.39. The minimum absolute atomic E-state index is 0.587. The van der Waals surface area contributed by atoms with Gasteiger partial charge in [0.15, 0.2) is 5.76 Å². The Labute approximate surface area is 210 Å². The molecule has 3 rings (SSSR count). The van der Waals surface area contributed by atoms with E-state index >= 15 is 0 Å². The van der Waals surface area contributed by atoms with E-state index in [9.17, 15) is 0 Å². The van der Waals surface area contributed by atoms with Crippen LogP contribution in [0.25, 0.3) is 22.8 Å². The summed E-state index contributed by atoms with van der Waals surface area (Å²) in [6.07, 6.45) is 20.1. The summed E-state index contributed by atoms with van der Waals surface area (Å²) in [6, 6.07) is 15.8. The number of hydrogen-bond donors (Lipinski definition) is 0. The Bertz CT molecular complexity index is 934. The van der Waals surface area contributed by atoms with E-state index in [0.717, 1.165) is 41.2 Å². The van der Waals surface area contributed by atoms with Crippen LogP contribution in [0, 0.1) is 0 Å². The fourth-order valence-electron chi connectivity index (χ4n) is 3.64. The second-order valence-corrected chi connectivity index (χ2v) is 8.63. The summed E-state index contributed by atoms with van der Waals surface area (Å²) in [4.78, 5) is 4.46. The average molecular weight is 474 g/mol. The van der Waals surface area contributed by atoms with E-state index in [1.165, 1.54) is 38.5 Å². The molecule has 0 fully saturated rings. The van der Waals surface area contributed by atoms with Crippen molar-refractivity contribution in [2.24, 2.45) is 0 Å². The molecule has 4 nitrogen and oxygen atoms in total. The van der Waals surface area contributed by atoms with Gasteiger partial charge in [0.25, 0.3) is 0 Å². The Balaban J connectivity index is 1.46. The number of unbranched alkanes of at least 4 members (excludes halogenated alkanes) is 6. The summed E-state index contributed by atoms with van der Waals surface area (Å²) in [6.45, 7) is 5.62. The summed E-state index contributed by atoms with van der Waals surface area (Å²) in [7, 11) is 0. The molecular weight excluding hydrogens is 434 g/mol. The second kappa shape index (κ2) is 15.6. The SMILES string of the molecule is CCCCC/C=C/COc1ccc(-c2cnc(-c3ccc(OC/C=C/CCCCC)cc3)o2)cc1. The first-order valence-electron chi connectivity index (χ1n) is 13.0. The monoisotopic (exact) mass is 473 g/mol. The van der Waals surface area contributed by atoms with Gasteiger partial charge in [-0.25, -0.2) is 4.98 Å². The third kappa shape index (κ3) is 9.48. The Morgan fingerprint density at radius 1 is 0.657 bits per heavy atom. The van der Waals surface area contributed by atoms with Gasteiger partial charge >= 0.3 is 0 Å². The van der Waals surface area contributed by atoms with Crippen molar-refractivity contribution in [3.63, 3.8) is 0 Å². The van der Waals surface area contributed by atoms with E-state index in [1.807, 2.05) is 48.5 Å². The van der Waals surface area contributed by atoms with Crippen LogP contribution in [0.3, 0.4) is 0 Å². The van der Waals surface area contributed by atoms with Gasteiger partial charge in [-0.15, -0.1) is 0 Å². The molecule has 1 heterocycles. The zero-order chi connectivity index (χ0) is 24.6. The number of allylic oxidation sites excluding steroid dienone is 2. The summed E-state index contributed by atoms with van der Waals surface area (Å²) in [5, 5.41) is 0. The molecule has 1 aromatic heterocycles. The van der Waals surface area contributed by atoms with E-state index in [-0.39, 0.29) is 0 Å². The van der Waals surface area contributed by atoms with Crippen LogP contribution in [-0.2, 0) is 0 Å². The molecule has 0 aliphatic rings. The van der Waals surface area contributed by atoms with Crippen LogP contribution in [0.4, 0.5) is 0 Å². The Kier molecular flexibility index (Phi) is 11.7. The van der Waals surface area contributed by atoms with Gasteiger partial charge in [-0.05, 0) is 74.2 Å². The Morgan fingerprint density at radius 3 is 1.69 bits per heavy atom. The molecule has 4 heteroatoms. The van der Waals surface area contributed by atoms with E-state index in [0.29, 0.717) is 19.1 Å². The van der Waals surface area contributed by atoms with Gasteiger partial charge in [-0.2, -0.15) is 0 Å². The first-order valence-corrected chi connectivity index (χ1v) is 13.0. The first-order chi connectivity index (χ1) is 17.3. The maximum Gasteiger partial charge on any atom is 0.226 e. The minimum Gasteiger partial charge on any atom is -0.490 e. The lowest BCUT2D eigenvalue weighted by molar-refractivity contribution is 0.362. The molecule has 0 saturated carbocycles. The number of hydrogen-bond acceptors (Lipinski definition) is 4. The fraction of sp³-hybridized carbons (Fsp3) is 0.387. The molecule has 2 aromatic carbocycles. The van der Waals surface area contributed by atoms with E-state index in [2.05, 4.69) is 43.1 Å². The molecule has 0 aliphatic heterocycles. The number of rotatable bonds is 16. The van der Waals surface area contributed by atoms with E-state index < -0.39 is 0 Å². The van der Waals surface area contributed by atoms with Gasteiger partial charge in [-0.3, -0.25) is 0 Å². The van der Waals surface area contributed by atoms with Crippen LogP contribution in [-0.4, -0.2) is 18.2 Å². The van der Waals surface area contributed by atoms with Crippen molar-refractivity contribution < 1.29 is 13.9 Å². The highest BCUT2D eigenvalue weighted by atomic mass is 16.5. The number of oxazole rings is 1. The van der Waals surface area contributed by atoms with Gasteiger partial charge < -0.3 is 13.9 Å². The molecule has 0 aliphatic carbocycles. The largest absolute Gasteiger partial charge is 0.490 e. The Morgan fingerprint density at radius 2 is 1.17 bits per heavy atom. The van der Waals surface area contributed by atoms with Crippen LogP contribution in [0.15, 0.2) is 83.4 Å². The third-order valence-electron chi connectivity index (χ3n) is 5.72. The van der Waals surface area contributed by atoms with Crippen LogP contribution in [0.1, 0.15) is 65.2 Å². The minimum atomic E-state index is 0.587.